The predicted molar refractivity (Wildman–Crippen MR) is 86.3 cm³/mol. The first-order chi connectivity index (χ1) is 9.40. The first-order valence-electron chi connectivity index (χ1n) is 7.55. The Hall–Kier alpha value is -0.410. The van der Waals surface area contributed by atoms with Crippen LogP contribution < -0.4 is 5.32 Å². The summed E-state index contributed by atoms with van der Waals surface area (Å²) in [5, 5.41) is 3.57. The first kappa shape index (κ1) is 16.0. The molecule has 1 N–H and O–H groups in total. The molecule has 0 amide bonds. The number of benzene rings is 1. The van der Waals surface area contributed by atoms with E-state index >= 15 is 0 Å². The molecule has 1 nitrogen and oxygen atoms in total. The molecule has 0 bridgehead atoms. The highest BCUT2D eigenvalue weighted by atomic mass is 79.9. The average molecular weight is 342 g/mol. The van der Waals surface area contributed by atoms with Gasteiger partial charge in [0, 0.05) is 11.0 Å². The van der Waals surface area contributed by atoms with Crippen LogP contribution in [0.1, 0.15) is 39.2 Å². The van der Waals surface area contributed by atoms with Gasteiger partial charge in [0.1, 0.15) is 5.82 Å². The maximum atomic E-state index is 14.0. The van der Waals surface area contributed by atoms with Crippen LogP contribution in [0.4, 0.5) is 4.39 Å². The Morgan fingerprint density at radius 2 is 2.10 bits per heavy atom. The molecule has 0 saturated heterocycles. The molecule has 112 valence electrons. The highest BCUT2D eigenvalue weighted by Crippen LogP contribution is 2.47. The van der Waals surface area contributed by atoms with Gasteiger partial charge in [0.2, 0.25) is 0 Å². The molecule has 0 spiro atoms. The van der Waals surface area contributed by atoms with Crippen molar-refractivity contribution in [2.75, 3.05) is 13.1 Å². The van der Waals surface area contributed by atoms with Crippen molar-refractivity contribution in [1.82, 2.24) is 5.32 Å². The molecular formula is C17H25BrFN. The van der Waals surface area contributed by atoms with E-state index in [2.05, 4.69) is 42.0 Å². The molecule has 1 atom stereocenters. The third-order valence-electron chi connectivity index (χ3n) is 4.25. The Bertz CT molecular complexity index is 456. The Kier molecular flexibility index (Phi) is 5.25. The molecule has 0 radical (unpaired) electrons. The maximum absolute atomic E-state index is 14.0. The highest BCUT2D eigenvalue weighted by Gasteiger charge is 2.41. The van der Waals surface area contributed by atoms with Gasteiger partial charge in [0.25, 0.3) is 0 Å². The molecule has 3 heteroatoms. The number of hydrogen-bond donors (Lipinski definition) is 1. The van der Waals surface area contributed by atoms with Gasteiger partial charge in [-0.1, -0.05) is 36.7 Å². The fourth-order valence-electron chi connectivity index (χ4n) is 2.89. The van der Waals surface area contributed by atoms with Crippen molar-refractivity contribution in [2.45, 2.75) is 40.0 Å². The molecule has 0 aliphatic heterocycles. The molecule has 1 aliphatic carbocycles. The van der Waals surface area contributed by atoms with E-state index in [9.17, 15) is 4.39 Å². The van der Waals surface area contributed by atoms with Crippen molar-refractivity contribution in [3.63, 3.8) is 0 Å². The largest absolute Gasteiger partial charge is 0.316 e. The van der Waals surface area contributed by atoms with Gasteiger partial charge in [-0.15, -0.1) is 0 Å². The van der Waals surface area contributed by atoms with Crippen LogP contribution in [-0.4, -0.2) is 13.1 Å². The Balaban J connectivity index is 2.06. The van der Waals surface area contributed by atoms with Gasteiger partial charge in [-0.25, -0.2) is 4.39 Å². The van der Waals surface area contributed by atoms with E-state index in [1.807, 2.05) is 6.07 Å². The van der Waals surface area contributed by atoms with Crippen molar-refractivity contribution in [3.8, 4) is 0 Å². The van der Waals surface area contributed by atoms with Gasteiger partial charge in [-0.05, 0) is 66.8 Å². The summed E-state index contributed by atoms with van der Waals surface area (Å²) >= 11 is 3.45. The number of halogens is 2. The van der Waals surface area contributed by atoms with Gasteiger partial charge >= 0.3 is 0 Å². The van der Waals surface area contributed by atoms with Crippen molar-refractivity contribution in [3.05, 3.63) is 34.1 Å². The minimum atomic E-state index is -0.0797. The van der Waals surface area contributed by atoms with E-state index in [0.29, 0.717) is 5.92 Å². The van der Waals surface area contributed by atoms with Crippen LogP contribution in [0.25, 0.3) is 0 Å². The summed E-state index contributed by atoms with van der Waals surface area (Å²) < 4.78 is 15.0. The standard InChI is InChI=1S/C17H25BrFN/c1-12(2)10-20-11-17(3,14-4-5-14)9-13-8-15(18)6-7-16(13)19/h6-8,12,14,20H,4-5,9-11H2,1-3H3. The lowest BCUT2D eigenvalue weighted by molar-refractivity contribution is 0.249. The van der Waals surface area contributed by atoms with E-state index in [0.717, 1.165) is 35.5 Å². The van der Waals surface area contributed by atoms with E-state index < -0.39 is 0 Å². The van der Waals surface area contributed by atoms with Gasteiger partial charge in [0.05, 0.1) is 0 Å². The molecular weight excluding hydrogens is 317 g/mol. The van der Waals surface area contributed by atoms with Crippen molar-refractivity contribution in [2.24, 2.45) is 17.3 Å². The summed E-state index contributed by atoms with van der Waals surface area (Å²) in [5.41, 5.74) is 0.997. The lowest BCUT2D eigenvalue weighted by atomic mass is 9.78. The van der Waals surface area contributed by atoms with Crippen LogP contribution in [-0.2, 0) is 6.42 Å². The second kappa shape index (κ2) is 6.57. The summed E-state index contributed by atoms with van der Waals surface area (Å²) in [5.74, 6) is 1.31. The molecule has 2 rings (SSSR count). The third-order valence-corrected chi connectivity index (χ3v) is 4.74. The van der Waals surface area contributed by atoms with Gasteiger partial charge in [-0.2, -0.15) is 0 Å². The zero-order valence-electron chi connectivity index (χ0n) is 12.7. The molecule has 1 aromatic carbocycles. The lowest BCUT2D eigenvalue weighted by Gasteiger charge is -2.31. The SMILES string of the molecule is CC(C)CNCC(C)(Cc1cc(Br)ccc1F)C1CC1. The second-order valence-corrected chi connectivity index (χ2v) is 7.78. The molecule has 1 aliphatic rings. The van der Waals surface area contributed by atoms with Gasteiger partial charge in [-0.3, -0.25) is 0 Å². The molecule has 1 saturated carbocycles. The zero-order chi connectivity index (χ0) is 14.8. The smallest absolute Gasteiger partial charge is 0.126 e. The molecule has 20 heavy (non-hydrogen) atoms. The summed E-state index contributed by atoms with van der Waals surface area (Å²) in [6.45, 7) is 8.74. The maximum Gasteiger partial charge on any atom is 0.126 e. The molecule has 0 heterocycles. The molecule has 1 aromatic rings. The van der Waals surface area contributed by atoms with Crippen molar-refractivity contribution < 1.29 is 4.39 Å². The average Bonchev–Trinajstić information content (AvgIpc) is 3.18. The molecule has 1 unspecified atom stereocenters. The van der Waals surface area contributed by atoms with E-state index in [1.54, 1.807) is 12.1 Å². The number of rotatable bonds is 7. The van der Waals surface area contributed by atoms with Crippen molar-refractivity contribution >= 4 is 15.9 Å². The fourth-order valence-corrected chi connectivity index (χ4v) is 3.30. The zero-order valence-corrected chi connectivity index (χ0v) is 14.3. The predicted octanol–water partition coefficient (Wildman–Crippen LogP) is 4.79. The van der Waals surface area contributed by atoms with E-state index in [1.165, 1.54) is 12.8 Å². The van der Waals surface area contributed by atoms with Crippen molar-refractivity contribution in [1.29, 1.82) is 0 Å². The van der Waals surface area contributed by atoms with Crippen LogP contribution in [0.15, 0.2) is 22.7 Å². The Morgan fingerprint density at radius 3 is 2.70 bits per heavy atom. The first-order valence-corrected chi connectivity index (χ1v) is 8.34. The Labute approximate surface area is 130 Å². The topological polar surface area (TPSA) is 12.0 Å². The van der Waals surface area contributed by atoms with Crippen LogP contribution in [0, 0.1) is 23.1 Å². The number of nitrogens with one attached hydrogen (secondary N) is 1. The monoisotopic (exact) mass is 341 g/mol. The normalized spacial score (nSPS) is 18.3. The van der Waals surface area contributed by atoms with Gasteiger partial charge in [0.15, 0.2) is 0 Å². The van der Waals surface area contributed by atoms with Crippen LogP contribution in [0.5, 0.6) is 0 Å². The Morgan fingerprint density at radius 1 is 1.40 bits per heavy atom. The van der Waals surface area contributed by atoms with Crippen LogP contribution in [0.3, 0.4) is 0 Å². The lowest BCUT2D eigenvalue weighted by Crippen LogP contribution is -2.37. The minimum absolute atomic E-state index is 0.0797. The van der Waals surface area contributed by atoms with Crippen LogP contribution >= 0.6 is 15.9 Å². The molecule has 1 fully saturated rings. The summed E-state index contributed by atoms with van der Waals surface area (Å²) in [6, 6.07) is 5.26. The summed E-state index contributed by atoms with van der Waals surface area (Å²) in [4.78, 5) is 0. The second-order valence-electron chi connectivity index (χ2n) is 6.87. The molecule has 0 aromatic heterocycles. The number of hydrogen-bond acceptors (Lipinski definition) is 1. The van der Waals surface area contributed by atoms with E-state index in [-0.39, 0.29) is 11.2 Å². The van der Waals surface area contributed by atoms with Crippen LogP contribution in [0.2, 0.25) is 0 Å². The van der Waals surface area contributed by atoms with E-state index in [4.69, 9.17) is 0 Å². The van der Waals surface area contributed by atoms with Gasteiger partial charge < -0.3 is 5.32 Å². The fraction of sp³-hybridized carbons (Fsp3) is 0.647. The highest BCUT2D eigenvalue weighted by molar-refractivity contribution is 9.10. The summed E-state index contributed by atoms with van der Waals surface area (Å²) in [6.07, 6.45) is 3.39. The minimum Gasteiger partial charge on any atom is -0.316 e. The summed E-state index contributed by atoms with van der Waals surface area (Å²) in [7, 11) is 0. The third kappa shape index (κ3) is 4.29. The quantitative estimate of drug-likeness (QED) is 0.751.